The van der Waals surface area contributed by atoms with Gasteiger partial charge in [0.25, 0.3) is 11.8 Å². The Kier molecular flexibility index (Phi) is 9.82. The number of aryl methyl sites for hydroxylation is 2. The number of terminal acetylenes is 1. The molecule has 2 aromatic rings. The smallest absolute Gasteiger partial charge is 0.408 e. The summed E-state index contributed by atoms with van der Waals surface area (Å²) in [5.41, 5.74) is 7.78. The zero-order valence-corrected chi connectivity index (χ0v) is 22.3. The third-order valence-electron chi connectivity index (χ3n) is 5.47. The number of carbonyl (C=O) groups excluding carboxylic acids is 4. The van der Waals surface area contributed by atoms with E-state index >= 15 is 0 Å². The quantitative estimate of drug-likeness (QED) is 0.343. The predicted octanol–water partition coefficient (Wildman–Crippen LogP) is 3.81. The molecule has 2 unspecified atom stereocenters. The van der Waals surface area contributed by atoms with Crippen molar-refractivity contribution in [2.45, 2.75) is 58.7 Å². The van der Waals surface area contributed by atoms with Crippen molar-refractivity contribution in [3.63, 3.8) is 0 Å². The number of hydrogen-bond donors (Lipinski definition) is 3. The van der Waals surface area contributed by atoms with Gasteiger partial charge in [-0.1, -0.05) is 55.5 Å². The van der Waals surface area contributed by atoms with Crippen LogP contribution in [0, 0.1) is 26.3 Å². The molecule has 0 saturated heterocycles. The van der Waals surface area contributed by atoms with E-state index < -0.39 is 47.9 Å². The van der Waals surface area contributed by atoms with Gasteiger partial charge in [-0.25, -0.2) is 4.79 Å². The second-order valence-electron chi connectivity index (χ2n) is 9.74. The lowest BCUT2D eigenvalue weighted by molar-refractivity contribution is -0.138. The van der Waals surface area contributed by atoms with E-state index in [1.807, 2.05) is 32.0 Å². The fraction of sp³-hybridized carbons (Fsp3) is 0.310. The summed E-state index contributed by atoms with van der Waals surface area (Å²) in [6.45, 7) is 12.4. The highest BCUT2D eigenvalue weighted by Crippen LogP contribution is 2.27. The lowest BCUT2D eigenvalue weighted by Gasteiger charge is -2.30. The number of amides is 4. The Morgan fingerprint density at radius 2 is 1.74 bits per heavy atom. The van der Waals surface area contributed by atoms with Crippen LogP contribution in [0.15, 0.2) is 49.0 Å². The molecular formula is C29H34N4O5. The van der Waals surface area contributed by atoms with Crippen molar-refractivity contribution in [2.24, 2.45) is 5.73 Å². The van der Waals surface area contributed by atoms with Crippen molar-refractivity contribution in [1.82, 2.24) is 10.2 Å². The molecule has 2 rings (SSSR count). The zero-order chi connectivity index (χ0) is 28.6. The fourth-order valence-corrected chi connectivity index (χ4v) is 3.76. The number of carbonyl (C=O) groups is 4. The molecule has 9 heteroatoms. The average Bonchev–Trinajstić information content (AvgIpc) is 2.82. The Hall–Kier alpha value is -4.58. The second kappa shape index (κ2) is 12.6. The number of para-hydroxylation sites is 1. The van der Waals surface area contributed by atoms with Crippen LogP contribution in [0.4, 0.5) is 10.5 Å². The van der Waals surface area contributed by atoms with Crippen LogP contribution >= 0.6 is 0 Å². The summed E-state index contributed by atoms with van der Waals surface area (Å²) in [7, 11) is 0. The normalized spacial score (nSPS) is 12.3. The summed E-state index contributed by atoms with van der Waals surface area (Å²) in [6, 6.07) is 11.8. The molecule has 0 spiro atoms. The summed E-state index contributed by atoms with van der Waals surface area (Å²) >= 11 is 0. The van der Waals surface area contributed by atoms with Gasteiger partial charge in [0.1, 0.15) is 17.7 Å². The summed E-state index contributed by atoms with van der Waals surface area (Å²) < 4.78 is 5.23. The molecule has 0 aliphatic rings. The average molecular weight is 519 g/mol. The first-order valence-electron chi connectivity index (χ1n) is 11.9. The highest BCUT2D eigenvalue weighted by atomic mass is 16.6. The molecule has 0 aromatic heterocycles. The van der Waals surface area contributed by atoms with E-state index in [9.17, 15) is 19.2 Å². The minimum absolute atomic E-state index is 0.396. The number of primary amides is 1. The van der Waals surface area contributed by atoms with Crippen molar-refractivity contribution in [3.8, 4) is 12.5 Å². The van der Waals surface area contributed by atoms with Crippen LogP contribution < -0.4 is 16.4 Å². The fourth-order valence-electron chi connectivity index (χ4n) is 3.76. The number of hydrogen-bond acceptors (Lipinski definition) is 5. The Bertz CT molecular complexity index is 1250. The van der Waals surface area contributed by atoms with Gasteiger partial charge >= 0.3 is 6.09 Å². The zero-order valence-electron chi connectivity index (χ0n) is 22.3. The molecule has 4 amide bonds. The van der Waals surface area contributed by atoms with Crippen LogP contribution in [0.2, 0.25) is 0 Å². The Balaban J connectivity index is 2.55. The van der Waals surface area contributed by atoms with Crippen LogP contribution in [0.1, 0.15) is 55.5 Å². The maximum Gasteiger partial charge on any atom is 0.408 e. The van der Waals surface area contributed by atoms with Gasteiger partial charge in [-0.3, -0.25) is 19.3 Å². The van der Waals surface area contributed by atoms with E-state index in [-0.39, 0.29) is 0 Å². The van der Waals surface area contributed by atoms with E-state index in [4.69, 9.17) is 16.9 Å². The molecule has 0 saturated carbocycles. The minimum atomic E-state index is -1.48. The summed E-state index contributed by atoms with van der Waals surface area (Å²) in [5, 5.41) is 5.24. The number of rotatable bonds is 9. The summed E-state index contributed by atoms with van der Waals surface area (Å²) in [5.74, 6) is -2.34. The Labute approximate surface area is 223 Å². The van der Waals surface area contributed by atoms with Crippen LogP contribution in [0.3, 0.4) is 0 Å². The van der Waals surface area contributed by atoms with E-state index in [1.165, 1.54) is 0 Å². The molecule has 4 N–H and O–H groups in total. The Morgan fingerprint density at radius 3 is 2.26 bits per heavy atom. The van der Waals surface area contributed by atoms with Crippen LogP contribution in [-0.2, 0) is 19.1 Å². The topological polar surface area (TPSA) is 131 Å². The number of nitrogens with two attached hydrogens (primary N) is 1. The molecule has 2 aromatic carbocycles. The van der Waals surface area contributed by atoms with Gasteiger partial charge in [-0.2, -0.15) is 0 Å². The number of anilines is 1. The highest BCUT2D eigenvalue weighted by molar-refractivity contribution is 6.01. The first kappa shape index (κ1) is 29.6. The molecule has 0 bridgehead atoms. The van der Waals surface area contributed by atoms with Gasteiger partial charge in [0.05, 0.1) is 6.42 Å². The van der Waals surface area contributed by atoms with Gasteiger partial charge in [0.15, 0.2) is 0 Å². The van der Waals surface area contributed by atoms with Gasteiger partial charge < -0.3 is 21.1 Å². The van der Waals surface area contributed by atoms with Gasteiger partial charge in [0, 0.05) is 11.7 Å². The highest BCUT2D eigenvalue weighted by Gasteiger charge is 2.37. The molecule has 0 radical (unpaired) electrons. The van der Waals surface area contributed by atoms with Crippen molar-refractivity contribution in [3.05, 3.63) is 71.3 Å². The first-order valence-corrected chi connectivity index (χ1v) is 11.9. The molecule has 200 valence electrons. The number of nitrogens with zero attached hydrogens (tertiary/aromatic N) is 1. The van der Waals surface area contributed by atoms with Crippen LogP contribution in [0.25, 0.3) is 6.08 Å². The number of benzene rings is 2. The summed E-state index contributed by atoms with van der Waals surface area (Å²) in [6.07, 6.45) is 5.85. The molecule has 9 nitrogen and oxygen atoms in total. The van der Waals surface area contributed by atoms with Crippen molar-refractivity contribution >= 4 is 35.6 Å². The third-order valence-corrected chi connectivity index (χ3v) is 5.47. The number of alkyl carbamates (subject to hydrolysis) is 1. The standard InChI is InChI=1S/C29H34N4O5/c1-8-20-14-11-15-21(16-20)25(26(35)32-24-18(3)12-10-13-19(24)4)33(9-2)27(36)22(17-23(30)34)31-28(37)38-29(5,6)7/h2,8,10-16,22,25H,1,17H2,3-7H3,(H2,30,34)(H,31,37)(H,32,35). The van der Waals surface area contributed by atoms with Crippen molar-refractivity contribution in [1.29, 1.82) is 0 Å². The SMILES string of the molecule is C#CN(C(=O)C(CC(N)=O)NC(=O)OC(C)(C)C)C(C(=O)Nc1c(C)cccc1C)c1cccc(C=C)c1. The third kappa shape index (κ3) is 7.96. The van der Waals surface area contributed by atoms with E-state index in [1.54, 1.807) is 51.1 Å². The van der Waals surface area contributed by atoms with Gasteiger partial charge in [-0.15, -0.1) is 0 Å². The molecule has 0 aliphatic carbocycles. The molecule has 0 fully saturated rings. The molecule has 38 heavy (non-hydrogen) atoms. The second-order valence-corrected chi connectivity index (χ2v) is 9.74. The van der Waals surface area contributed by atoms with Crippen LogP contribution in [-0.4, -0.2) is 40.4 Å². The molecule has 0 heterocycles. The van der Waals surface area contributed by atoms with Crippen molar-refractivity contribution in [2.75, 3.05) is 5.32 Å². The molecular weight excluding hydrogens is 484 g/mol. The predicted molar refractivity (Wildman–Crippen MR) is 146 cm³/mol. The van der Waals surface area contributed by atoms with Crippen molar-refractivity contribution < 1.29 is 23.9 Å². The van der Waals surface area contributed by atoms with E-state index in [0.717, 1.165) is 16.0 Å². The van der Waals surface area contributed by atoms with Gasteiger partial charge in [-0.05, 0) is 62.9 Å². The maximum atomic E-state index is 13.7. The lowest BCUT2D eigenvalue weighted by Crippen LogP contribution is -2.52. The number of nitrogens with one attached hydrogen (secondary N) is 2. The first-order chi connectivity index (χ1) is 17.8. The number of ether oxygens (including phenoxy) is 1. The minimum Gasteiger partial charge on any atom is -0.444 e. The molecule has 0 aliphatic heterocycles. The van der Waals surface area contributed by atoms with Gasteiger partial charge in [0.2, 0.25) is 5.91 Å². The summed E-state index contributed by atoms with van der Waals surface area (Å²) in [4.78, 5) is 52.5. The van der Waals surface area contributed by atoms with Crippen LogP contribution in [0.5, 0.6) is 0 Å². The molecule has 2 atom stereocenters. The van der Waals surface area contributed by atoms with E-state index in [2.05, 4.69) is 23.3 Å². The Morgan fingerprint density at radius 1 is 1.13 bits per heavy atom. The monoisotopic (exact) mass is 518 g/mol. The van der Waals surface area contributed by atoms with E-state index in [0.29, 0.717) is 16.8 Å². The lowest BCUT2D eigenvalue weighted by atomic mass is 9.99. The largest absolute Gasteiger partial charge is 0.444 e. The maximum absolute atomic E-state index is 13.7.